The molecule has 258 valence electrons. The highest BCUT2D eigenvalue weighted by Gasteiger charge is 1.93. The minimum absolute atomic E-state index is 0.215. The summed E-state index contributed by atoms with van der Waals surface area (Å²) in [5.41, 5.74) is 10.3. The van der Waals surface area contributed by atoms with Crippen molar-refractivity contribution >= 4 is 11.8 Å². The lowest BCUT2D eigenvalue weighted by Gasteiger charge is -2.02. The van der Waals surface area contributed by atoms with E-state index in [1.807, 2.05) is 0 Å². The molecule has 0 aliphatic heterocycles. The SMILES string of the molecule is NC(=O)CCCC=CCC=CCC=CCC=CCCCCCCCCCCCCC=CCC=CCC=CCC=CCCCC(N)=O. The number of allylic oxidation sites excluding steroid dienone is 16. The van der Waals surface area contributed by atoms with Gasteiger partial charge in [0.15, 0.2) is 0 Å². The Labute approximate surface area is 283 Å². The van der Waals surface area contributed by atoms with E-state index in [2.05, 4.69) is 97.2 Å². The van der Waals surface area contributed by atoms with E-state index in [0.717, 1.165) is 64.2 Å². The predicted molar refractivity (Wildman–Crippen MR) is 202 cm³/mol. The van der Waals surface area contributed by atoms with Gasteiger partial charge in [0.1, 0.15) is 0 Å². The Balaban J connectivity index is 3.36. The van der Waals surface area contributed by atoms with Gasteiger partial charge in [0.25, 0.3) is 0 Å². The first-order valence-electron chi connectivity index (χ1n) is 18.4. The molecule has 0 aliphatic carbocycles. The molecule has 4 N–H and O–H groups in total. The van der Waals surface area contributed by atoms with E-state index in [4.69, 9.17) is 11.5 Å². The monoisotopic (exact) mass is 633 g/mol. The molecule has 0 saturated carbocycles. The Morgan fingerprint density at radius 1 is 0.283 bits per heavy atom. The predicted octanol–water partition coefficient (Wildman–Crippen LogP) is 11.8. The molecule has 0 bridgehead atoms. The summed E-state index contributed by atoms with van der Waals surface area (Å²) in [6.45, 7) is 0. The summed E-state index contributed by atoms with van der Waals surface area (Å²) in [6, 6.07) is 0. The zero-order chi connectivity index (χ0) is 33.4. The Hall–Kier alpha value is -3.14. The molecule has 2 amide bonds. The van der Waals surface area contributed by atoms with Gasteiger partial charge in [-0.2, -0.15) is 0 Å². The molecule has 0 heterocycles. The van der Waals surface area contributed by atoms with Crippen molar-refractivity contribution in [1.82, 2.24) is 0 Å². The van der Waals surface area contributed by atoms with Gasteiger partial charge in [-0.05, 0) is 89.9 Å². The van der Waals surface area contributed by atoms with Crippen LogP contribution < -0.4 is 11.5 Å². The van der Waals surface area contributed by atoms with Gasteiger partial charge in [-0.1, -0.05) is 149 Å². The van der Waals surface area contributed by atoms with Crippen LogP contribution in [-0.4, -0.2) is 11.8 Å². The van der Waals surface area contributed by atoms with Crippen LogP contribution in [0.1, 0.15) is 154 Å². The van der Waals surface area contributed by atoms with Gasteiger partial charge in [-0.3, -0.25) is 9.59 Å². The molecule has 4 nitrogen and oxygen atoms in total. The lowest BCUT2D eigenvalue weighted by molar-refractivity contribution is -0.118. The van der Waals surface area contributed by atoms with Gasteiger partial charge < -0.3 is 11.5 Å². The van der Waals surface area contributed by atoms with E-state index in [1.54, 1.807) is 0 Å². The fourth-order valence-corrected chi connectivity index (χ4v) is 4.82. The van der Waals surface area contributed by atoms with Gasteiger partial charge in [-0.15, -0.1) is 0 Å². The van der Waals surface area contributed by atoms with Crippen LogP contribution in [0, 0.1) is 0 Å². The average molecular weight is 633 g/mol. The van der Waals surface area contributed by atoms with Gasteiger partial charge in [0.05, 0.1) is 0 Å². The third-order valence-electron chi connectivity index (χ3n) is 7.55. The highest BCUT2D eigenvalue weighted by molar-refractivity contribution is 5.73. The van der Waals surface area contributed by atoms with Crippen molar-refractivity contribution in [2.24, 2.45) is 11.5 Å². The quantitative estimate of drug-likeness (QED) is 0.0557. The van der Waals surface area contributed by atoms with Gasteiger partial charge in [0, 0.05) is 12.8 Å². The number of hydrogen-bond acceptors (Lipinski definition) is 2. The first-order chi connectivity index (χ1) is 22.6. The number of rotatable bonds is 33. The minimum atomic E-state index is -0.215. The fraction of sp³-hybridized carbons (Fsp3) is 0.571. The highest BCUT2D eigenvalue weighted by atomic mass is 16.1. The van der Waals surface area contributed by atoms with Crippen molar-refractivity contribution in [2.45, 2.75) is 154 Å². The van der Waals surface area contributed by atoms with Crippen LogP contribution in [0.5, 0.6) is 0 Å². The van der Waals surface area contributed by atoms with Crippen molar-refractivity contribution < 1.29 is 9.59 Å². The third-order valence-corrected chi connectivity index (χ3v) is 7.55. The van der Waals surface area contributed by atoms with Gasteiger partial charge in [0.2, 0.25) is 11.8 Å². The molecule has 0 saturated heterocycles. The number of unbranched alkanes of at least 4 members (excludes halogenated alkanes) is 13. The van der Waals surface area contributed by atoms with Crippen LogP contribution in [0.3, 0.4) is 0 Å². The standard InChI is InChI=1S/C42H68N2O2/c43-41(45)39-37-35-33-31-29-27-25-23-21-19-17-15-13-11-9-7-5-3-1-2-4-6-8-10-12-14-16-18-20-22-24-26-28-30-32-34-36-38-40-42(44)46/h13-16,19-22,25-28,31-34H,1-12,17-18,23-24,29-30,35-40H2,(H2,43,45)(H2,44,46). The normalized spacial score (nSPS) is 12.8. The molecular weight excluding hydrogens is 564 g/mol. The second kappa shape index (κ2) is 38.0. The van der Waals surface area contributed by atoms with Crippen LogP contribution in [0.2, 0.25) is 0 Å². The summed E-state index contributed by atoms with van der Waals surface area (Å²) >= 11 is 0. The fourth-order valence-electron chi connectivity index (χ4n) is 4.82. The number of carbonyl (C=O) groups is 2. The van der Waals surface area contributed by atoms with E-state index >= 15 is 0 Å². The summed E-state index contributed by atoms with van der Waals surface area (Å²) in [5.74, 6) is -0.429. The zero-order valence-electron chi connectivity index (χ0n) is 29.2. The molecule has 0 rings (SSSR count). The molecule has 4 heteroatoms. The maximum atomic E-state index is 10.7. The van der Waals surface area contributed by atoms with E-state index in [1.165, 1.54) is 77.0 Å². The molecular formula is C42H68N2O2. The maximum Gasteiger partial charge on any atom is 0.217 e. The topological polar surface area (TPSA) is 86.2 Å². The number of carbonyl (C=O) groups excluding carboxylic acids is 2. The lowest BCUT2D eigenvalue weighted by Crippen LogP contribution is -2.09. The van der Waals surface area contributed by atoms with Crippen LogP contribution in [0.15, 0.2) is 97.2 Å². The zero-order valence-corrected chi connectivity index (χ0v) is 29.2. The molecule has 0 aromatic carbocycles. The van der Waals surface area contributed by atoms with Crippen LogP contribution in [0.4, 0.5) is 0 Å². The molecule has 0 aromatic rings. The average Bonchev–Trinajstić information content (AvgIpc) is 3.03. The van der Waals surface area contributed by atoms with Crippen LogP contribution in [0.25, 0.3) is 0 Å². The molecule has 0 aromatic heterocycles. The Morgan fingerprint density at radius 2 is 0.478 bits per heavy atom. The Kier molecular flexibility index (Phi) is 35.4. The molecule has 46 heavy (non-hydrogen) atoms. The summed E-state index contributed by atoms with van der Waals surface area (Å²) in [7, 11) is 0. The van der Waals surface area contributed by atoms with E-state index < -0.39 is 0 Å². The summed E-state index contributed by atoms with van der Waals surface area (Å²) in [5, 5.41) is 0. The van der Waals surface area contributed by atoms with Crippen LogP contribution >= 0.6 is 0 Å². The summed E-state index contributed by atoms with van der Waals surface area (Å²) in [6.07, 6.45) is 62.2. The van der Waals surface area contributed by atoms with Gasteiger partial charge >= 0.3 is 0 Å². The number of primary amides is 2. The first kappa shape index (κ1) is 42.9. The number of nitrogens with two attached hydrogens (primary N) is 2. The highest BCUT2D eigenvalue weighted by Crippen LogP contribution is 2.12. The maximum absolute atomic E-state index is 10.7. The smallest absolute Gasteiger partial charge is 0.217 e. The van der Waals surface area contributed by atoms with Crippen molar-refractivity contribution in [2.75, 3.05) is 0 Å². The number of hydrogen-bond donors (Lipinski definition) is 2. The summed E-state index contributed by atoms with van der Waals surface area (Å²) < 4.78 is 0. The minimum Gasteiger partial charge on any atom is -0.370 e. The van der Waals surface area contributed by atoms with Crippen molar-refractivity contribution in [3.8, 4) is 0 Å². The lowest BCUT2D eigenvalue weighted by atomic mass is 10.0. The third kappa shape index (κ3) is 40.9. The Morgan fingerprint density at radius 3 is 0.717 bits per heavy atom. The van der Waals surface area contributed by atoms with Gasteiger partial charge in [-0.25, -0.2) is 0 Å². The second-order valence-corrected chi connectivity index (χ2v) is 12.0. The van der Waals surface area contributed by atoms with E-state index in [-0.39, 0.29) is 11.8 Å². The molecule has 0 radical (unpaired) electrons. The van der Waals surface area contributed by atoms with Crippen LogP contribution in [-0.2, 0) is 9.59 Å². The number of amides is 2. The second-order valence-electron chi connectivity index (χ2n) is 12.0. The Bertz CT molecular complexity index is 857. The molecule has 0 unspecified atom stereocenters. The van der Waals surface area contributed by atoms with Crippen molar-refractivity contribution in [3.05, 3.63) is 97.2 Å². The largest absolute Gasteiger partial charge is 0.370 e. The van der Waals surface area contributed by atoms with E-state index in [0.29, 0.717) is 12.8 Å². The summed E-state index contributed by atoms with van der Waals surface area (Å²) in [4.78, 5) is 21.3. The first-order valence-corrected chi connectivity index (χ1v) is 18.4. The molecule has 0 atom stereocenters. The van der Waals surface area contributed by atoms with E-state index in [9.17, 15) is 9.59 Å². The molecule has 0 aliphatic rings. The molecule has 0 spiro atoms. The molecule has 0 fully saturated rings. The van der Waals surface area contributed by atoms with Crippen molar-refractivity contribution in [1.29, 1.82) is 0 Å². The van der Waals surface area contributed by atoms with Crippen molar-refractivity contribution in [3.63, 3.8) is 0 Å².